The second-order valence-corrected chi connectivity index (χ2v) is 8.37. The fourth-order valence-electron chi connectivity index (χ4n) is 4.62. The molecule has 4 aromatic rings. The Labute approximate surface area is 199 Å². The van der Waals surface area contributed by atoms with Gasteiger partial charge in [0, 0.05) is 26.8 Å². The first-order chi connectivity index (χ1) is 16.9. The van der Waals surface area contributed by atoms with E-state index in [1.54, 1.807) is 13.1 Å². The number of hydrogen-bond donors (Lipinski definition) is 1. The van der Waals surface area contributed by atoms with Crippen molar-refractivity contribution in [2.45, 2.75) is 12.6 Å². The van der Waals surface area contributed by atoms with E-state index in [1.165, 1.54) is 34.4 Å². The highest BCUT2D eigenvalue weighted by Crippen LogP contribution is 2.39. The first kappa shape index (κ1) is 23.2. The van der Waals surface area contributed by atoms with E-state index in [4.69, 9.17) is 0 Å². The van der Waals surface area contributed by atoms with Gasteiger partial charge in [-0.3, -0.25) is 23.5 Å². The summed E-state index contributed by atoms with van der Waals surface area (Å²) in [5.74, 6) is -1.61. The van der Waals surface area contributed by atoms with Gasteiger partial charge in [-0.05, 0) is 42.3 Å². The fraction of sp³-hybridized carbons (Fsp3) is 0.217. The number of anilines is 1. The first-order valence-corrected chi connectivity index (χ1v) is 10.7. The van der Waals surface area contributed by atoms with E-state index in [1.807, 2.05) is 0 Å². The molecule has 0 spiro atoms. The fourth-order valence-corrected chi connectivity index (χ4v) is 4.62. The molecular weight excluding hydrogens is 483 g/mol. The van der Waals surface area contributed by atoms with Crippen molar-refractivity contribution < 1.29 is 23.1 Å². The zero-order valence-electron chi connectivity index (χ0n) is 18.9. The molecule has 5 rings (SSSR count). The summed E-state index contributed by atoms with van der Waals surface area (Å²) in [6.45, 7) is -0.146. The summed E-state index contributed by atoms with van der Waals surface area (Å²) in [6, 6.07) is 7.94. The molecule has 10 nitrogen and oxygen atoms in total. The summed E-state index contributed by atoms with van der Waals surface area (Å²) in [7, 11) is 3.10. The number of aryl methyl sites for hydroxylation is 2. The van der Waals surface area contributed by atoms with Gasteiger partial charge in [0.15, 0.2) is 0 Å². The molecule has 13 heteroatoms. The lowest BCUT2D eigenvalue weighted by Crippen LogP contribution is -2.51. The highest BCUT2D eigenvalue weighted by Gasteiger charge is 2.38. The van der Waals surface area contributed by atoms with E-state index in [2.05, 4.69) is 0 Å². The van der Waals surface area contributed by atoms with Crippen LogP contribution in [0, 0.1) is 0 Å². The number of aromatic carboxylic acids is 1. The van der Waals surface area contributed by atoms with Crippen LogP contribution < -0.4 is 21.9 Å². The average Bonchev–Trinajstić information content (AvgIpc) is 3.33. The summed E-state index contributed by atoms with van der Waals surface area (Å²) < 4.78 is 44.8. The Morgan fingerprint density at radius 2 is 1.67 bits per heavy atom. The third-order valence-corrected chi connectivity index (χ3v) is 6.38. The van der Waals surface area contributed by atoms with E-state index in [0.717, 1.165) is 27.9 Å². The van der Waals surface area contributed by atoms with Gasteiger partial charge >= 0.3 is 23.5 Å². The second kappa shape index (κ2) is 7.73. The molecule has 0 saturated heterocycles. The second-order valence-electron chi connectivity index (χ2n) is 8.37. The zero-order valence-corrected chi connectivity index (χ0v) is 18.9. The molecule has 2 aromatic heterocycles. The van der Waals surface area contributed by atoms with Crippen LogP contribution in [-0.2, 0) is 26.7 Å². The highest BCUT2D eigenvalue weighted by molar-refractivity contribution is 5.87. The van der Waals surface area contributed by atoms with Crippen LogP contribution in [0.3, 0.4) is 0 Å². The third-order valence-electron chi connectivity index (χ3n) is 6.38. The van der Waals surface area contributed by atoms with Crippen molar-refractivity contribution in [2.75, 3.05) is 11.6 Å². The van der Waals surface area contributed by atoms with Gasteiger partial charge in [0.05, 0.1) is 28.0 Å². The van der Waals surface area contributed by atoms with Gasteiger partial charge in [-0.25, -0.2) is 14.4 Å². The van der Waals surface area contributed by atoms with Crippen molar-refractivity contribution in [1.29, 1.82) is 0 Å². The number of imidazole rings is 1. The molecule has 0 radical (unpaired) electrons. The van der Waals surface area contributed by atoms with Crippen molar-refractivity contribution >= 4 is 22.7 Å². The van der Waals surface area contributed by atoms with E-state index >= 15 is 0 Å². The van der Waals surface area contributed by atoms with Crippen molar-refractivity contribution in [3.8, 4) is 5.69 Å². The van der Waals surface area contributed by atoms with E-state index in [9.17, 15) is 37.5 Å². The van der Waals surface area contributed by atoms with Crippen LogP contribution in [0.15, 0.2) is 57.0 Å². The predicted molar refractivity (Wildman–Crippen MR) is 123 cm³/mol. The maximum Gasteiger partial charge on any atom is 0.416 e. The van der Waals surface area contributed by atoms with Crippen LogP contribution in [0.4, 0.5) is 18.9 Å². The summed E-state index contributed by atoms with van der Waals surface area (Å²) in [5.41, 5.74) is -3.06. The standard InChI is InChI=1S/C23H18F3N5O5/c1-27-17-7-6-12(10-18(17)28(2)21(27)35)29-11-14(20(33)34)19(32)31(22(29)36)30-9-8-13-15(23(24,25)26)4-3-5-16(13)30/h3-7,10-11H,8-9H2,1-2H3,(H,33,34). The van der Waals surface area contributed by atoms with Crippen molar-refractivity contribution in [3.63, 3.8) is 0 Å². The minimum atomic E-state index is -4.64. The number of fused-ring (bicyclic) bond motifs is 2. The van der Waals surface area contributed by atoms with Gasteiger partial charge in [0.1, 0.15) is 5.56 Å². The number of hydrogen-bond acceptors (Lipinski definition) is 5. The van der Waals surface area contributed by atoms with Gasteiger partial charge in [-0.1, -0.05) is 6.07 Å². The Morgan fingerprint density at radius 1 is 0.972 bits per heavy atom. The Morgan fingerprint density at radius 3 is 2.33 bits per heavy atom. The van der Waals surface area contributed by atoms with Crippen LogP contribution >= 0.6 is 0 Å². The molecular formula is C23H18F3N5O5. The smallest absolute Gasteiger partial charge is 0.416 e. The molecule has 3 heterocycles. The summed E-state index contributed by atoms with van der Waals surface area (Å²) in [4.78, 5) is 50.8. The normalized spacial score (nSPS) is 13.4. The van der Waals surface area contributed by atoms with E-state index < -0.39 is 34.5 Å². The summed E-state index contributed by atoms with van der Waals surface area (Å²) in [6.07, 6.45) is -3.88. The van der Waals surface area contributed by atoms with Gasteiger partial charge in [0.25, 0.3) is 5.56 Å². The topological polar surface area (TPSA) is 111 Å². The summed E-state index contributed by atoms with van der Waals surface area (Å²) >= 11 is 0. The molecule has 1 aliphatic heterocycles. The van der Waals surface area contributed by atoms with Crippen LogP contribution in [-0.4, -0.2) is 36.0 Å². The van der Waals surface area contributed by atoms with Gasteiger partial charge in [-0.2, -0.15) is 17.8 Å². The number of nitrogens with zero attached hydrogens (tertiary/aromatic N) is 5. The predicted octanol–water partition coefficient (Wildman–Crippen LogP) is 1.73. The number of aromatic nitrogens is 4. The van der Waals surface area contributed by atoms with Gasteiger partial charge in [0.2, 0.25) is 0 Å². The largest absolute Gasteiger partial charge is 0.477 e. The van der Waals surface area contributed by atoms with Crippen LogP contribution in [0.25, 0.3) is 16.7 Å². The Kier molecular flexibility index (Phi) is 4.98. The van der Waals surface area contributed by atoms with E-state index in [0.29, 0.717) is 15.7 Å². The number of halogens is 3. The average molecular weight is 501 g/mol. The molecule has 0 atom stereocenters. The third kappa shape index (κ3) is 3.26. The van der Waals surface area contributed by atoms with E-state index in [-0.39, 0.29) is 35.6 Å². The van der Waals surface area contributed by atoms with Crippen molar-refractivity contribution in [1.82, 2.24) is 18.4 Å². The monoisotopic (exact) mass is 501 g/mol. The Bertz CT molecular complexity index is 1760. The van der Waals surface area contributed by atoms with Crippen molar-refractivity contribution in [3.05, 3.63) is 90.6 Å². The zero-order chi connectivity index (χ0) is 26.1. The molecule has 0 aliphatic carbocycles. The lowest BCUT2D eigenvalue weighted by molar-refractivity contribution is -0.138. The molecule has 186 valence electrons. The number of carboxylic acid groups (broad SMARTS) is 1. The number of carboxylic acids is 1. The summed E-state index contributed by atoms with van der Waals surface area (Å²) in [5, 5.41) is 10.7. The minimum Gasteiger partial charge on any atom is -0.477 e. The molecule has 0 saturated carbocycles. The number of carbonyl (C=O) groups is 1. The van der Waals surface area contributed by atoms with Gasteiger partial charge in [-0.15, -0.1) is 0 Å². The molecule has 0 bridgehead atoms. The first-order valence-electron chi connectivity index (χ1n) is 10.7. The van der Waals surface area contributed by atoms with Crippen LogP contribution in [0.5, 0.6) is 0 Å². The maximum absolute atomic E-state index is 13.5. The maximum atomic E-state index is 13.5. The highest BCUT2D eigenvalue weighted by atomic mass is 19.4. The number of alkyl halides is 3. The Hall–Kier alpha value is -4.55. The van der Waals surface area contributed by atoms with Crippen LogP contribution in [0.2, 0.25) is 0 Å². The SMILES string of the molecule is Cn1c(=O)n(C)c2cc(-n3cc(C(=O)O)c(=O)n(N4CCc5c4cccc5C(F)(F)F)c3=O)ccc21. The molecule has 0 unspecified atom stereocenters. The quantitative estimate of drug-likeness (QED) is 0.458. The molecule has 1 N–H and O–H groups in total. The van der Waals surface area contributed by atoms with Gasteiger partial charge < -0.3 is 5.11 Å². The Balaban J connectivity index is 1.77. The molecule has 0 fully saturated rings. The minimum absolute atomic E-state index is 0.0148. The molecule has 1 aliphatic rings. The lowest BCUT2D eigenvalue weighted by atomic mass is 10.0. The number of rotatable bonds is 3. The molecule has 0 amide bonds. The molecule has 2 aromatic carbocycles. The van der Waals surface area contributed by atoms with Crippen molar-refractivity contribution in [2.24, 2.45) is 14.1 Å². The lowest BCUT2D eigenvalue weighted by Gasteiger charge is -2.23. The number of benzene rings is 2. The molecule has 36 heavy (non-hydrogen) atoms. The van der Waals surface area contributed by atoms with Crippen LogP contribution in [0.1, 0.15) is 21.5 Å².